The van der Waals surface area contributed by atoms with Gasteiger partial charge in [-0.25, -0.2) is 8.42 Å². The lowest BCUT2D eigenvalue weighted by Gasteiger charge is -2.32. The average molecular weight is 617 g/mol. The zero-order valence-electron chi connectivity index (χ0n) is 22.6. The van der Waals surface area contributed by atoms with Crippen molar-refractivity contribution >= 4 is 43.5 Å². The summed E-state index contributed by atoms with van der Waals surface area (Å²) in [6.45, 7) is 7.65. The summed E-state index contributed by atoms with van der Waals surface area (Å²) in [4.78, 5) is 28.1. The summed E-state index contributed by atoms with van der Waals surface area (Å²) in [6, 6.07) is 19.6. The highest BCUT2D eigenvalue weighted by Crippen LogP contribution is 2.27. The molecule has 3 rings (SSSR count). The summed E-state index contributed by atoms with van der Waals surface area (Å²) in [6.07, 6.45) is 0. The summed E-state index contributed by atoms with van der Waals surface area (Å²) < 4.78 is 35.1. The Morgan fingerprint density at radius 1 is 1.00 bits per heavy atom. The first-order valence-electron chi connectivity index (χ1n) is 12.7. The quantitative estimate of drug-likeness (QED) is 0.312. The highest BCUT2D eigenvalue weighted by Gasteiger charge is 2.32. The summed E-state index contributed by atoms with van der Waals surface area (Å²) in [5.74, 6) is -0.255. The van der Waals surface area contributed by atoms with Gasteiger partial charge in [0.2, 0.25) is 11.8 Å². The normalized spacial score (nSPS) is 11.9. The van der Waals surface area contributed by atoms with E-state index >= 15 is 0 Å². The molecule has 0 unspecified atom stereocenters. The Labute approximate surface area is 239 Å². The van der Waals surface area contributed by atoms with Crippen LogP contribution in [-0.2, 0) is 26.2 Å². The molecule has 1 N–H and O–H groups in total. The van der Waals surface area contributed by atoms with Gasteiger partial charge in [-0.2, -0.15) is 0 Å². The number of ether oxygens (including phenoxy) is 1. The molecule has 0 saturated heterocycles. The number of sulfonamides is 1. The van der Waals surface area contributed by atoms with E-state index < -0.39 is 28.5 Å². The molecule has 208 valence electrons. The second kappa shape index (κ2) is 13.6. The molecule has 0 saturated carbocycles. The number of benzene rings is 3. The third-order valence-electron chi connectivity index (χ3n) is 6.08. The Morgan fingerprint density at radius 3 is 2.26 bits per heavy atom. The maximum atomic E-state index is 13.9. The molecule has 0 radical (unpaired) electrons. The van der Waals surface area contributed by atoms with Crippen LogP contribution in [0.25, 0.3) is 0 Å². The Hall–Kier alpha value is -3.37. The minimum atomic E-state index is -4.12. The van der Waals surface area contributed by atoms with Crippen molar-refractivity contribution in [1.29, 1.82) is 0 Å². The second-order valence-electron chi connectivity index (χ2n) is 8.97. The number of carbonyl (C=O) groups is 2. The first-order valence-corrected chi connectivity index (χ1v) is 14.9. The molecule has 8 nitrogen and oxygen atoms in total. The van der Waals surface area contributed by atoms with Gasteiger partial charge in [0.05, 0.1) is 17.2 Å². The highest BCUT2D eigenvalue weighted by atomic mass is 79.9. The van der Waals surface area contributed by atoms with Gasteiger partial charge in [-0.1, -0.05) is 45.8 Å². The van der Waals surface area contributed by atoms with Crippen molar-refractivity contribution in [2.75, 3.05) is 24.0 Å². The Balaban J connectivity index is 2.03. The first kappa shape index (κ1) is 30.2. The van der Waals surface area contributed by atoms with Gasteiger partial charge in [0, 0.05) is 17.6 Å². The van der Waals surface area contributed by atoms with Gasteiger partial charge in [0.1, 0.15) is 18.3 Å². The van der Waals surface area contributed by atoms with Crippen molar-refractivity contribution in [3.8, 4) is 5.75 Å². The van der Waals surface area contributed by atoms with Crippen LogP contribution in [0.15, 0.2) is 82.2 Å². The van der Waals surface area contributed by atoms with Crippen LogP contribution in [0.3, 0.4) is 0 Å². The fourth-order valence-corrected chi connectivity index (χ4v) is 5.84. The molecule has 10 heteroatoms. The maximum absolute atomic E-state index is 13.9. The smallest absolute Gasteiger partial charge is 0.264 e. The molecule has 0 heterocycles. The molecule has 0 aliphatic heterocycles. The molecular weight excluding hydrogens is 582 g/mol. The van der Waals surface area contributed by atoms with E-state index in [4.69, 9.17) is 4.74 Å². The number of nitrogens with one attached hydrogen (secondary N) is 1. The zero-order valence-corrected chi connectivity index (χ0v) is 25.0. The van der Waals surface area contributed by atoms with Gasteiger partial charge < -0.3 is 15.0 Å². The van der Waals surface area contributed by atoms with Crippen LogP contribution < -0.4 is 14.4 Å². The minimum Gasteiger partial charge on any atom is -0.494 e. The van der Waals surface area contributed by atoms with Gasteiger partial charge in [0.25, 0.3) is 10.0 Å². The number of likely N-dealkylation sites (N-methyl/N-ethyl adjacent to an activating group) is 1. The van der Waals surface area contributed by atoms with Crippen molar-refractivity contribution < 1.29 is 22.7 Å². The van der Waals surface area contributed by atoms with Crippen LogP contribution in [0.4, 0.5) is 5.69 Å². The fourth-order valence-electron chi connectivity index (χ4n) is 3.98. The van der Waals surface area contributed by atoms with Gasteiger partial charge in [0.15, 0.2) is 0 Å². The van der Waals surface area contributed by atoms with E-state index in [1.807, 2.05) is 38.1 Å². The van der Waals surface area contributed by atoms with E-state index in [-0.39, 0.29) is 17.3 Å². The number of rotatable bonds is 12. The van der Waals surface area contributed by atoms with E-state index in [0.717, 1.165) is 19.9 Å². The average Bonchev–Trinajstić information content (AvgIpc) is 2.91. The molecule has 0 spiro atoms. The van der Waals surface area contributed by atoms with Crippen LogP contribution in [-0.4, -0.2) is 50.9 Å². The van der Waals surface area contributed by atoms with Crippen molar-refractivity contribution in [2.24, 2.45) is 0 Å². The molecule has 0 aliphatic rings. The molecule has 0 aliphatic carbocycles. The van der Waals surface area contributed by atoms with Gasteiger partial charge in [-0.05, 0) is 81.8 Å². The molecule has 39 heavy (non-hydrogen) atoms. The van der Waals surface area contributed by atoms with Crippen molar-refractivity contribution in [1.82, 2.24) is 10.2 Å². The molecule has 3 aromatic rings. The number of halogens is 1. The lowest BCUT2D eigenvalue weighted by atomic mass is 10.1. The van der Waals surface area contributed by atoms with E-state index in [1.54, 1.807) is 50.2 Å². The standard InChI is InChI=1S/C29H34BrN3O5S/c1-5-31-29(35)22(4)32(19-23-8-7-9-24(30)18-23)28(34)20-33(25-12-14-26(15-13-25)38-6-2)39(36,37)27-16-10-21(3)11-17-27/h7-18,22H,5-6,19-20H2,1-4H3,(H,31,35)/t22-/m0/s1. The Bertz CT molecular complexity index is 1380. The van der Waals surface area contributed by atoms with E-state index in [0.29, 0.717) is 24.6 Å². The summed E-state index contributed by atoms with van der Waals surface area (Å²) in [5, 5.41) is 2.75. The van der Waals surface area contributed by atoms with E-state index in [2.05, 4.69) is 21.2 Å². The van der Waals surface area contributed by atoms with Crippen LogP contribution in [0.1, 0.15) is 31.9 Å². The molecule has 0 fully saturated rings. The maximum Gasteiger partial charge on any atom is 0.264 e. The fraction of sp³-hybridized carbons (Fsp3) is 0.310. The predicted octanol–water partition coefficient (Wildman–Crippen LogP) is 4.90. The molecule has 3 aromatic carbocycles. The molecular formula is C29H34BrN3O5S. The number of anilines is 1. The number of amides is 2. The van der Waals surface area contributed by atoms with Crippen LogP contribution in [0, 0.1) is 6.92 Å². The first-order chi connectivity index (χ1) is 18.6. The third kappa shape index (κ3) is 7.83. The van der Waals surface area contributed by atoms with Crippen molar-refractivity contribution in [2.45, 2.75) is 45.2 Å². The predicted molar refractivity (Wildman–Crippen MR) is 156 cm³/mol. The molecule has 2 amide bonds. The highest BCUT2D eigenvalue weighted by molar-refractivity contribution is 9.10. The largest absolute Gasteiger partial charge is 0.494 e. The number of hydrogen-bond acceptors (Lipinski definition) is 5. The van der Waals surface area contributed by atoms with Gasteiger partial charge >= 0.3 is 0 Å². The molecule has 0 bridgehead atoms. The zero-order chi connectivity index (χ0) is 28.6. The lowest BCUT2D eigenvalue weighted by molar-refractivity contribution is -0.139. The van der Waals surface area contributed by atoms with Gasteiger partial charge in [-0.3, -0.25) is 13.9 Å². The monoisotopic (exact) mass is 615 g/mol. The van der Waals surface area contributed by atoms with Gasteiger partial charge in [-0.15, -0.1) is 0 Å². The van der Waals surface area contributed by atoms with Crippen molar-refractivity contribution in [3.63, 3.8) is 0 Å². The SMILES string of the molecule is CCNC(=O)[C@H](C)N(Cc1cccc(Br)c1)C(=O)CN(c1ccc(OCC)cc1)S(=O)(=O)c1ccc(C)cc1. The van der Waals surface area contributed by atoms with E-state index in [9.17, 15) is 18.0 Å². The van der Waals surface area contributed by atoms with Crippen LogP contribution in [0.2, 0.25) is 0 Å². The topological polar surface area (TPSA) is 96.0 Å². The van der Waals surface area contributed by atoms with Crippen LogP contribution in [0.5, 0.6) is 5.75 Å². The third-order valence-corrected chi connectivity index (χ3v) is 8.37. The Kier molecular flexibility index (Phi) is 10.5. The molecule has 0 aromatic heterocycles. The number of hydrogen-bond donors (Lipinski definition) is 1. The van der Waals surface area contributed by atoms with E-state index in [1.165, 1.54) is 17.0 Å². The lowest BCUT2D eigenvalue weighted by Crippen LogP contribution is -2.51. The minimum absolute atomic E-state index is 0.0603. The number of nitrogens with zero attached hydrogens (tertiary/aromatic N) is 2. The second-order valence-corrected chi connectivity index (χ2v) is 11.8. The molecule has 1 atom stereocenters. The summed E-state index contributed by atoms with van der Waals surface area (Å²) in [5.41, 5.74) is 2.01. The summed E-state index contributed by atoms with van der Waals surface area (Å²) in [7, 11) is -4.12. The number of carbonyl (C=O) groups excluding carboxylic acids is 2. The Morgan fingerprint density at radius 2 is 1.67 bits per heavy atom. The summed E-state index contributed by atoms with van der Waals surface area (Å²) >= 11 is 3.44. The van der Waals surface area contributed by atoms with Crippen LogP contribution >= 0.6 is 15.9 Å². The van der Waals surface area contributed by atoms with Crippen molar-refractivity contribution in [3.05, 3.63) is 88.4 Å². The number of aryl methyl sites for hydroxylation is 1.